The van der Waals surface area contributed by atoms with Gasteiger partial charge in [-0.15, -0.1) is 0 Å². The minimum absolute atomic E-state index is 0.0934. The van der Waals surface area contributed by atoms with Crippen LogP contribution in [0.3, 0.4) is 0 Å². The summed E-state index contributed by atoms with van der Waals surface area (Å²) < 4.78 is 27.3. The molecule has 0 saturated carbocycles. The van der Waals surface area contributed by atoms with Crippen molar-refractivity contribution in [3.8, 4) is 0 Å². The van der Waals surface area contributed by atoms with Crippen molar-refractivity contribution in [2.24, 2.45) is 0 Å². The van der Waals surface area contributed by atoms with Crippen molar-refractivity contribution in [2.45, 2.75) is 19.0 Å². The van der Waals surface area contributed by atoms with Gasteiger partial charge in [-0.25, -0.2) is 8.42 Å². The molecule has 0 radical (unpaired) electrons. The molecule has 2 rings (SSSR count). The summed E-state index contributed by atoms with van der Waals surface area (Å²) in [4.78, 5) is 9.76. The number of nitrogens with one attached hydrogen (secondary N) is 1. The maximum absolute atomic E-state index is 11.2. The molecule has 1 aromatic rings. The highest BCUT2D eigenvalue weighted by Gasteiger charge is 2.27. The van der Waals surface area contributed by atoms with Gasteiger partial charge in [-0.05, 0) is 12.5 Å². The molecule has 1 fully saturated rings. The third kappa shape index (κ3) is 3.04. The molecular weight excluding hydrogens is 248 g/mol. The second-order valence-electron chi connectivity index (χ2n) is 3.98. The highest BCUT2D eigenvalue weighted by Crippen LogP contribution is 2.16. The van der Waals surface area contributed by atoms with Crippen molar-refractivity contribution in [2.75, 3.05) is 11.5 Å². The average Bonchev–Trinajstić information content (AvgIpc) is 2.81. The summed E-state index contributed by atoms with van der Waals surface area (Å²) in [6, 6.07) is 2.70. The molecule has 1 saturated heterocycles. The van der Waals surface area contributed by atoms with Gasteiger partial charge in [0.15, 0.2) is 9.84 Å². The van der Waals surface area contributed by atoms with Gasteiger partial charge in [0.1, 0.15) is 10.7 Å². The summed E-state index contributed by atoms with van der Waals surface area (Å²) in [6.07, 6.45) is 0.575. The van der Waals surface area contributed by atoms with Gasteiger partial charge in [0.2, 0.25) is 0 Å². The number of hydrogen-bond donors (Lipinski definition) is 1. The first-order chi connectivity index (χ1) is 7.96. The number of sulfone groups is 1. The van der Waals surface area contributed by atoms with Crippen LogP contribution in [0.1, 0.15) is 12.2 Å². The maximum Gasteiger partial charge on any atom is 0.433 e. The molecule has 1 aromatic heterocycles. The summed E-state index contributed by atoms with van der Waals surface area (Å²) in [7, 11) is -2.91. The standard InChI is InChI=1S/C9H12N2O5S/c12-11(13)9-2-1-8(16-9)5-10-7-3-4-17(14,15)6-7/h1-2,7,10H,3-6H2. The van der Waals surface area contributed by atoms with Crippen LogP contribution in [0.5, 0.6) is 0 Å². The first kappa shape index (κ1) is 12.1. The van der Waals surface area contributed by atoms with Crippen LogP contribution in [-0.2, 0) is 16.4 Å². The molecule has 7 nitrogen and oxygen atoms in total. The molecule has 2 heterocycles. The molecule has 8 heteroatoms. The Kier molecular flexibility index (Phi) is 3.16. The number of hydrogen-bond acceptors (Lipinski definition) is 6. The second-order valence-corrected chi connectivity index (χ2v) is 6.21. The Hall–Kier alpha value is -1.41. The molecule has 1 aliphatic rings. The fraction of sp³-hybridized carbons (Fsp3) is 0.556. The summed E-state index contributed by atoms with van der Waals surface area (Å²) in [5.74, 6) is 0.445. The van der Waals surface area contributed by atoms with Crippen LogP contribution in [0.2, 0.25) is 0 Å². The van der Waals surface area contributed by atoms with Crippen LogP contribution in [0.25, 0.3) is 0 Å². The van der Waals surface area contributed by atoms with E-state index in [1.807, 2.05) is 0 Å². The summed E-state index contributed by atoms with van der Waals surface area (Å²) >= 11 is 0. The van der Waals surface area contributed by atoms with Crippen LogP contribution < -0.4 is 5.32 Å². The molecule has 94 valence electrons. The molecular formula is C9H12N2O5S. The third-order valence-corrected chi connectivity index (χ3v) is 4.39. The number of nitro groups is 1. The van der Waals surface area contributed by atoms with Crippen LogP contribution in [0.4, 0.5) is 5.88 Å². The van der Waals surface area contributed by atoms with Gasteiger partial charge in [0, 0.05) is 6.04 Å². The van der Waals surface area contributed by atoms with Crippen molar-refractivity contribution in [3.63, 3.8) is 0 Å². The molecule has 0 aromatic carbocycles. The molecule has 1 unspecified atom stereocenters. The Balaban J connectivity index is 1.88. The van der Waals surface area contributed by atoms with E-state index >= 15 is 0 Å². The topological polar surface area (TPSA) is 102 Å². The lowest BCUT2D eigenvalue weighted by molar-refractivity contribution is -0.402. The quantitative estimate of drug-likeness (QED) is 0.623. The van der Waals surface area contributed by atoms with E-state index in [9.17, 15) is 18.5 Å². The first-order valence-electron chi connectivity index (χ1n) is 5.13. The van der Waals surface area contributed by atoms with E-state index in [1.165, 1.54) is 12.1 Å². The zero-order valence-corrected chi connectivity index (χ0v) is 9.77. The first-order valence-corrected chi connectivity index (χ1v) is 6.95. The lowest BCUT2D eigenvalue weighted by Gasteiger charge is -2.07. The van der Waals surface area contributed by atoms with Gasteiger partial charge in [-0.3, -0.25) is 10.1 Å². The summed E-state index contributed by atoms with van der Waals surface area (Å²) in [6.45, 7) is 0.300. The van der Waals surface area contributed by atoms with Gasteiger partial charge >= 0.3 is 5.88 Å². The lowest BCUT2D eigenvalue weighted by Crippen LogP contribution is -2.29. The van der Waals surface area contributed by atoms with Crippen LogP contribution in [0.15, 0.2) is 16.5 Å². The van der Waals surface area contributed by atoms with Gasteiger partial charge < -0.3 is 9.73 Å². The SMILES string of the molecule is O=[N+]([O-])c1ccc(CNC2CCS(=O)(=O)C2)o1. The number of nitrogens with zero attached hydrogens (tertiary/aromatic N) is 1. The fourth-order valence-corrected chi connectivity index (χ4v) is 3.47. The lowest BCUT2D eigenvalue weighted by atomic mass is 10.2. The molecule has 1 N–H and O–H groups in total. The molecule has 0 bridgehead atoms. The Morgan fingerprint density at radius 1 is 1.53 bits per heavy atom. The number of rotatable bonds is 4. The predicted molar refractivity (Wildman–Crippen MR) is 59.3 cm³/mol. The molecule has 0 aliphatic carbocycles. The Bertz CT molecular complexity index is 521. The second kappa shape index (κ2) is 4.46. The van der Waals surface area contributed by atoms with E-state index in [0.29, 0.717) is 18.7 Å². The van der Waals surface area contributed by atoms with Crippen molar-refractivity contribution in [1.82, 2.24) is 5.32 Å². The Morgan fingerprint density at radius 3 is 2.82 bits per heavy atom. The maximum atomic E-state index is 11.2. The van der Waals surface area contributed by atoms with Gasteiger partial charge in [0.25, 0.3) is 0 Å². The van der Waals surface area contributed by atoms with E-state index in [-0.39, 0.29) is 23.4 Å². The van der Waals surface area contributed by atoms with Crippen molar-refractivity contribution in [1.29, 1.82) is 0 Å². The van der Waals surface area contributed by atoms with Crippen molar-refractivity contribution in [3.05, 3.63) is 28.0 Å². The smallest absolute Gasteiger partial charge is 0.404 e. The van der Waals surface area contributed by atoms with Crippen LogP contribution in [0, 0.1) is 10.1 Å². The van der Waals surface area contributed by atoms with Crippen LogP contribution >= 0.6 is 0 Å². The zero-order chi connectivity index (χ0) is 12.5. The van der Waals surface area contributed by atoms with E-state index in [2.05, 4.69) is 5.32 Å². The molecule has 1 aliphatic heterocycles. The molecule has 17 heavy (non-hydrogen) atoms. The van der Waals surface area contributed by atoms with Crippen LogP contribution in [-0.4, -0.2) is 30.9 Å². The average molecular weight is 260 g/mol. The zero-order valence-electron chi connectivity index (χ0n) is 8.96. The summed E-state index contributed by atoms with van der Waals surface area (Å²) in [5.41, 5.74) is 0. The molecule has 1 atom stereocenters. The normalized spacial score (nSPS) is 22.7. The van der Waals surface area contributed by atoms with E-state index in [4.69, 9.17) is 4.42 Å². The highest BCUT2D eigenvalue weighted by atomic mass is 32.2. The monoisotopic (exact) mass is 260 g/mol. The van der Waals surface area contributed by atoms with E-state index < -0.39 is 14.8 Å². The van der Waals surface area contributed by atoms with E-state index in [0.717, 1.165) is 0 Å². The predicted octanol–water partition coefficient (Wildman–Crippen LogP) is 0.465. The minimum atomic E-state index is -2.91. The van der Waals surface area contributed by atoms with Gasteiger partial charge in [-0.2, -0.15) is 0 Å². The minimum Gasteiger partial charge on any atom is -0.404 e. The van der Waals surface area contributed by atoms with Crippen molar-refractivity contribution >= 4 is 15.7 Å². The third-order valence-electron chi connectivity index (χ3n) is 2.62. The van der Waals surface area contributed by atoms with Crippen molar-refractivity contribution < 1.29 is 17.8 Å². The van der Waals surface area contributed by atoms with Gasteiger partial charge in [0.05, 0.1) is 24.1 Å². The Labute approximate surface area is 97.9 Å². The molecule has 0 amide bonds. The number of furan rings is 1. The molecule has 0 spiro atoms. The highest BCUT2D eigenvalue weighted by molar-refractivity contribution is 7.91. The fourth-order valence-electron chi connectivity index (χ4n) is 1.76. The Morgan fingerprint density at radius 2 is 2.29 bits per heavy atom. The van der Waals surface area contributed by atoms with E-state index in [1.54, 1.807) is 0 Å². The van der Waals surface area contributed by atoms with Gasteiger partial charge in [-0.1, -0.05) is 0 Å². The largest absolute Gasteiger partial charge is 0.433 e. The summed E-state index contributed by atoms with van der Waals surface area (Å²) in [5, 5.41) is 13.4.